The lowest BCUT2D eigenvalue weighted by atomic mass is 10.1. The molecule has 1 aliphatic rings. The van der Waals surface area contributed by atoms with E-state index in [4.69, 9.17) is 0 Å². The molecule has 0 unspecified atom stereocenters. The van der Waals surface area contributed by atoms with Crippen LogP contribution in [-0.2, 0) is 10.0 Å². The number of imidazole rings is 1. The lowest BCUT2D eigenvalue weighted by Gasteiger charge is -2.22. The normalized spacial score (nSPS) is 16.1. The summed E-state index contributed by atoms with van der Waals surface area (Å²) < 4.78 is 26.5. The molecule has 11 heteroatoms. The molecule has 0 spiro atoms. The molecule has 3 rings (SSSR count). The first-order valence-electron chi connectivity index (χ1n) is 8.34. The van der Waals surface area contributed by atoms with Crippen LogP contribution < -0.4 is 0 Å². The van der Waals surface area contributed by atoms with Crippen LogP contribution in [0.5, 0.6) is 0 Å². The minimum absolute atomic E-state index is 0.0109. The minimum Gasteiger partial charge on any atom is -0.337 e. The number of nitro benzene ring substituents is 1. The van der Waals surface area contributed by atoms with Gasteiger partial charge in [0, 0.05) is 43.4 Å². The number of hydrogen-bond acceptors (Lipinski definition) is 6. The number of aromatic nitrogens is 2. The molecule has 1 fully saturated rings. The molecule has 1 amide bonds. The zero-order valence-electron chi connectivity index (χ0n) is 14.7. The highest BCUT2D eigenvalue weighted by molar-refractivity contribution is 7.89. The average molecular weight is 393 g/mol. The third-order valence-corrected chi connectivity index (χ3v) is 6.39. The highest BCUT2D eigenvalue weighted by Crippen LogP contribution is 2.23. The second-order valence-electron chi connectivity index (χ2n) is 6.17. The highest BCUT2D eigenvalue weighted by atomic mass is 32.2. The summed E-state index contributed by atoms with van der Waals surface area (Å²) >= 11 is 0. The smallest absolute Gasteiger partial charge is 0.273 e. The maximum atomic E-state index is 12.9. The number of nitrogens with zero attached hydrogens (tertiary/aromatic N) is 4. The fraction of sp³-hybridized carbons (Fsp3) is 0.375. The van der Waals surface area contributed by atoms with Gasteiger partial charge in [0.2, 0.25) is 0 Å². The summed E-state index contributed by atoms with van der Waals surface area (Å²) in [5.41, 5.74) is 0.451. The minimum atomic E-state index is -3.69. The first-order valence-corrected chi connectivity index (χ1v) is 9.78. The van der Waals surface area contributed by atoms with Gasteiger partial charge in [-0.1, -0.05) is 6.07 Å². The van der Waals surface area contributed by atoms with E-state index < -0.39 is 14.9 Å². The van der Waals surface area contributed by atoms with Gasteiger partial charge in [0.15, 0.2) is 5.03 Å². The molecule has 27 heavy (non-hydrogen) atoms. The molecule has 1 aromatic carbocycles. The van der Waals surface area contributed by atoms with Crippen molar-refractivity contribution in [2.45, 2.75) is 18.4 Å². The Morgan fingerprint density at radius 1 is 1.26 bits per heavy atom. The largest absolute Gasteiger partial charge is 0.337 e. The number of nitrogens with one attached hydrogen (secondary N) is 1. The lowest BCUT2D eigenvalue weighted by molar-refractivity contribution is -0.385. The zero-order chi connectivity index (χ0) is 19.6. The van der Waals surface area contributed by atoms with Crippen LogP contribution in [-0.4, -0.2) is 64.6 Å². The number of H-pyrrole nitrogens is 1. The van der Waals surface area contributed by atoms with Crippen molar-refractivity contribution < 1.29 is 18.1 Å². The van der Waals surface area contributed by atoms with E-state index in [-0.39, 0.29) is 41.8 Å². The van der Waals surface area contributed by atoms with Crippen molar-refractivity contribution in [3.63, 3.8) is 0 Å². The summed E-state index contributed by atoms with van der Waals surface area (Å²) in [6, 6.07) is 4.38. The van der Waals surface area contributed by atoms with Crippen LogP contribution in [0.15, 0.2) is 35.7 Å². The molecule has 0 atom stereocenters. The molecule has 10 nitrogen and oxygen atoms in total. The van der Waals surface area contributed by atoms with E-state index in [1.807, 2.05) is 0 Å². The standard InChI is InChI=1S/C16H19N5O5S/c1-12-13(4-2-5-14(12)21(23)24)16(22)19-6-3-7-20(9-8-19)27(25,26)15-10-17-11-18-15/h2,4-5,10-11H,3,6-9H2,1H3,(H,17,18). The highest BCUT2D eigenvalue weighted by Gasteiger charge is 2.30. The molecule has 1 saturated heterocycles. The van der Waals surface area contributed by atoms with Crippen molar-refractivity contribution in [1.82, 2.24) is 19.2 Å². The molecular formula is C16H19N5O5S. The summed E-state index contributed by atoms with van der Waals surface area (Å²) in [6.07, 6.45) is 3.01. The first-order chi connectivity index (χ1) is 12.8. The van der Waals surface area contributed by atoms with Gasteiger partial charge in [0.1, 0.15) is 0 Å². The van der Waals surface area contributed by atoms with Gasteiger partial charge in [-0.25, -0.2) is 13.4 Å². The van der Waals surface area contributed by atoms with Crippen LogP contribution in [0.3, 0.4) is 0 Å². The molecule has 0 aliphatic carbocycles. The Bertz CT molecular complexity index is 958. The van der Waals surface area contributed by atoms with E-state index in [1.54, 1.807) is 6.07 Å². The van der Waals surface area contributed by atoms with E-state index in [2.05, 4.69) is 9.97 Å². The maximum absolute atomic E-state index is 12.9. The number of benzene rings is 1. The number of amides is 1. The van der Waals surface area contributed by atoms with Crippen molar-refractivity contribution in [2.24, 2.45) is 0 Å². The molecule has 2 heterocycles. The summed E-state index contributed by atoms with van der Waals surface area (Å²) in [5, 5.41) is 11.1. The molecule has 1 N–H and O–H groups in total. The SMILES string of the molecule is Cc1c(C(=O)N2CCCN(S(=O)(=O)c3cnc[nH]3)CC2)cccc1[N+](=O)[O-]. The van der Waals surface area contributed by atoms with Gasteiger partial charge in [-0.15, -0.1) is 0 Å². The van der Waals surface area contributed by atoms with Gasteiger partial charge < -0.3 is 9.88 Å². The van der Waals surface area contributed by atoms with Gasteiger partial charge >= 0.3 is 0 Å². The van der Waals surface area contributed by atoms with Gasteiger partial charge in [-0.05, 0) is 19.4 Å². The van der Waals surface area contributed by atoms with E-state index >= 15 is 0 Å². The second kappa shape index (κ2) is 7.45. The Hall–Kier alpha value is -2.79. The number of carbonyl (C=O) groups is 1. The third-order valence-electron chi connectivity index (χ3n) is 4.57. The fourth-order valence-corrected chi connectivity index (χ4v) is 4.45. The van der Waals surface area contributed by atoms with E-state index in [0.717, 1.165) is 0 Å². The lowest BCUT2D eigenvalue weighted by Crippen LogP contribution is -2.37. The summed E-state index contributed by atoms with van der Waals surface area (Å²) in [5.74, 6) is -0.336. The molecule has 1 aromatic heterocycles. The van der Waals surface area contributed by atoms with Crippen LogP contribution in [0.25, 0.3) is 0 Å². The number of nitro groups is 1. The Kier molecular flexibility index (Phi) is 5.24. The molecule has 0 saturated carbocycles. The van der Waals surface area contributed by atoms with Crippen molar-refractivity contribution in [3.05, 3.63) is 52.0 Å². The van der Waals surface area contributed by atoms with Gasteiger partial charge in [-0.2, -0.15) is 4.31 Å². The molecule has 0 radical (unpaired) electrons. The van der Waals surface area contributed by atoms with E-state index in [0.29, 0.717) is 18.5 Å². The molecule has 2 aromatic rings. The molecule has 0 bridgehead atoms. The number of rotatable bonds is 4. The van der Waals surface area contributed by atoms with Gasteiger partial charge in [0.05, 0.1) is 17.4 Å². The Balaban J connectivity index is 1.78. The Morgan fingerprint density at radius 2 is 2.04 bits per heavy atom. The van der Waals surface area contributed by atoms with Crippen LogP contribution in [0.1, 0.15) is 22.3 Å². The first kappa shape index (κ1) is 19.0. The number of sulfonamides is 1. The number of carbonyl (C=O) groups excluding carboxylic acids is 1. The van der Waals surface area contributed by atoms with E-state index in [9.17, 15) is 23.3 Å². The van der Waals surface area contributed by atoms with Crippen LogP contribution in [0.4, 0.5) is 5.69 Å². The van der Waals surface area contributed by atoms with Gasteiger partial charge in [0.25, 0.3) is 21.6 Å². The summed E-state index contributed by atoms with van der Waals surface area (Å²) in [6.45, 7) is 2.53. The topological polar surface area (TPSA) is 130 Å². The van der Waals surface area contributed by atoms with E-state index in [1.165, 1.54) is 40.8 Å². The Labute approximate surface area is 156 Å². The van der Waals surface area contributed by atoms with Crippen molar-refractivity contribution in [1.29, 1.82) is 0 Å². The van der Waals surface area contributed by atoms with Crippen LogP contribution >= 0.6 is 0 Å². The predicted molar refractivity (Wildman–Crippen MR) is 95.7 cm³/mol. The quantitative estimate of drug-likeness (QED) is 0.613. The summed E-state index contributed by atoms with van der Waals surface area (Å²) in [4.78, 5) is 31.3. The van der Waals surface area contributed by atoms with Crippen molar-refractivity contribution in [2.75, 3.05) is 26.2 Å². The predicted octanol–water partition coefficient (Wildman–Crippen LogP) is 1.16. The molecule has 144 valence electrons. The molecule has 1 aliphatic heterocycles. The van der Waals surface area contributed by atoms with Crippen LogP contribution in [0.2, 0.25) is 0 Å². The van der Waals surface area contributed by atoms with Gasteiger partial charge in [-0.3, -0.25) is 14.9 Å². The van der Waals surface area contributed by atoms with Crippen LogP contribution in [0, 0.1) is 17.0 Å². The number of aromatic amines is 1. The summed E-state index contributed by atoms with van der Waals surface area (Å²) in [7, 11) is -3.69. The maximum Gasteiger partial charge on any atom is 0.273 e. The third kappa shape index (κ3) is 3.69. The Morgan fingerprint density at radius 3 is 2.70 bits per heavy atom. The number of hydrogen-bond donors (Lipinski definition) is 1. The second-order valence-corrected chi connectivity index (χ2v) is 8.08. The monoisotopic (exact) mass is 393 g/mol. The van der Waals surface area contributed by atoms with Crippen molar-refractivity contribution in [3.8, 4) is 0 Å². The van der Waals surface area contributed by atoms with Crippen molar-refractivity contribution >= 4 is 21.6 Å². The molecular weight excluding hydrogens is 374 g/mol. The zero-order valence-corrected chi connectivity index (χ0v) is 15.5. The average Bonchev–Trinajstić information content (AvgIpc) is 3.06. The fourth-order valence-electron chi connectivity index (χ4n) is 3.08.